The molecule has 0 spiro atoms. The Morgan fingerprint density at radius 2 is 2.15 bits per heavy atom. The number of fused-ring (bicyclic) bond motifs is 1. The molecular formula is C13H15ClN4OS. The summed E-state index contributed by atoms with van der Waals surface area (Å²) in [6.07, 6.45) is 0. The lowest BCUT2D eigenvalue weighted by Crippen LogP contribution is -2.20. The number of hydrogen-bond donors (Lipinski definition) is 1. The second-order valence-electron chi connectivity index (χ2n) is 5.65. The van der Waals surface area contributed by atoms with Crippen LogP contribution in [0.2, 0.25) is 5.02 Å². The molecule has 2 aromatic rings. The molecule has 0 saturated carbocycles. The second-order valence-corrected chi connectivity index (χ2v) is 7.12. The van der Waals surface area contributed by atoms with Crippen molar-refractivity contribution in [1.29, 1.82) is 0 Å². The van der Waals surface area contributed by atoms with E-state index in [1.54, 1.807) is 5.01 Å². The van der Waals surface area contributed by atoms with Gasteiger partial charge in [-0.1, -0.05) is 43.7 Å². The van der Waals surface area contributed by atoms with Crippen LogP contribution in [-0.2, 0) is 4.74 Å². The van der Waals surface area contributed by atoms with E-state index in [-0.39, 0.29) is 5.41 Å². The Hall–Kier alpha value is -1.53. The van der Waals surface area contributed by atoms with E-state index in [2.05, 4.69) is 30.9 Å². The molecule has 1 aliphatic rings. The highest BCUT2D eigenvalue weighted by Gasteiger charge is 2.28. The zero-order chi connectivity index (χ0) is 14.5. The van der Waals surface area contributed by atoms with Crippen LogP contribution in [0.3, 0.4) is 0 Å². The number of hydrazone groups is 1. The molecule has 2 heterocycles. The van der Waals surface area contributed by atoms with E-state index in [4.69, 9.17) is 22.1 Å². The zero-order valence-corrected chi connectivity index (χ0v) is 13.0. The summed E-state index contributed by atoms with van der Waals surface area (Å²) in [5.41, 5.74) is 7.20. The molecule has 1 aromatic heterocycles. The van der Waals surface area contributed by atoms with Crippen molar-refractivity contribution in [1.82, 2.24) is 4.98 Å². The molecule has 0 unspecified atom stereocenters. The maximum absolute atomic E-state index is 6.33. The van der Waals surface area contributed by atoms with E-state index in [0.717, 1.165) is 15.9 Å². The van der Waals surface area contributed by atoms with E-state index in [9.17, 15) is 0 Å². The minimum absolute atomic E-state index is 0.129. The molecule has 7 heteroatoms. The highest BCUT2D eigenvalue weighted by molar-refractivity contribution is 7.22. The Labute approximate surface area is 126 Å². The number of hydrogen-bond acceptors (Lipinski definition) is 6. The van der Waals surface area contributed by atoms with Crippen LogP contribution in [0.4, 0.5) is 10.8 Å². The molecule has 0 bridgehead atoms. The minimum atomic E-state index is -0.129. The normalized spacial score (nSPS) is 15.6. The van der Waals surface area contributed by atoms with Crippen LogP contribution in [0.1, 0.15) is 20.8 Å². The van der Waals surface area contributed by atoms with Crippen LogP contribution in [-0.4, -0.2) is 17.6 Å². The van der Waals surface area contributed by atoms with Crippen molar-refractivity contribution in [2.75, 3.05) is 17.5 Å². The molecule has 20 heavy (non-hydrogen) atoms. The Bertz CT molecular complexity index is 704. The third-order valence-corrected chi connectivity index (χ3v) is 4.08. The molecule has 0 amide bonds. The third kappa shape index (κ3) is 2.29. The predicted octanol–water partition coefficient (Wildman–Crippen LogP) is 3.69. The number of benzene rings is 1. The van der Waals surface area contributed by atoms with E-state index >= 15 is 0 Å². The molecule has 2 N–H and O–H groups in total. The molecule has 0 fully saturated rings. The molecule has 5 nitrogen and oxygen atoms in total. The summed E-state index contributed by atoms with van der Waals surface area (Å²) in [6, 6.07) is 3.76. The first-order valence-electron chi connectivity index (χ1n) is 6.19. The van der Waals surface area contributed by atoms with E-state index in [1.165, 1.54) is 11.3 Å². The van der Waals surface area contributed by atoms with Gasteiger partial charge in [0.05, 0.1) is 20.9 Å². The number of nitrogens with two attached hydrogens (primary N) is 1. The average Bonchev–Trinajstić information content (AvgIpc) is 2.92. The highest BCUT2D eigenvalue weighted by Crippen LogP contribution is 2.36. The van der Waals surface area contributed by atoms with Crippen molar-refractivity contribution in [3.63, 3.8) is 0 Å². The number of rotatable bonds is 1. The fourth-order valence-corrected chi connectivity index (χ4v) is 3.01. The molecule has 0 aliphatic carbocycles. The van der Waals surface area contributed by atoms with Gasteiger partial charge in [-0.25, -0.2) is 9.99 Å². The van der Waals surface area contributed by atoms with Crippen molar-refractivity contribution in [2.45, 2.75) is 20.8 Å². The third-order valence-electron chi connectivity index (χ3n) is 2.93. The van der Waals surface area contributed by atoms with E-state index < -0.39 is 0 Å². The number of halogens is 1. The average molecular weight is 311 g/mol. The van der Waals surface area contributed by atoms with Crippen molar-refractivity contribution in [3.8, 4) is 0 Å². The second kappa shape index (κ2) is 4.49. The standard InChI is InChI=1S/C13H15ClN4OS/c1-13(2,3)11-17-18(6-19-11)9-5-8-10(4-7(9)14)20-12(15)16-8/h4-5H,6H2,1-3H3,(H2,15,16). The summed E-state index contributed by atoms with van der Waals surface area (Å²) in [5.74, 6) is 0.700. The monoisotopic (exact) mass is 310 g/mol. The molecule has 0 atom stereocenters. The molecule has 1 aliphatic heterocycles. The maximum Gasteiger partial charge on any atom is 0.213 e. The van der Waals surface area contributed by atoms with Crippen LogP contribution >= 0.6 is 22.9 Å². The van der Waals surface area contributed by atoms with Crippen LogP contribution in [0.25, 0.3) is 10.2 Å². The molecule has 0 saturated heterocycles. The Kier molecular flexibility index (Phi) is 3.02. The SMILES string of the molecule is CC(C)(C)C1=NN(c2cc3nc(N)sc3cc2Cl)CO1. The first-order chi connectivity index (χ1) is 9.34. The summed E-state index contributed by atoms with van der Waals surface area (Å²) in [6.45, 7) is 6.53. The lowest BCUT2D eigenvalue weighted by Gasteiger charge is -2.15. The van der Waals surface area contributed by atoms with Gasteiger partial charge in [-0.05, 0) is 12.1 Å². The van der Waals surface area contributed by atoms with Gasteiger partial charge in [0, 0.05) is 5.41 Å². The van der Waals surface area contributed by atoms with Gasteiger partial charge in [0.15, 0.2) is 11.9 Å². The van der Waals surface area contributed by atoms with Gasteiger partial charge in [0.1, 0.15) is 0 Å². The summed E-state index contributed by atoms with van der Waals surface area (Å²) in [4.78, 5) is 4.28. The summed E-state index contributed by atoms with van der Waals surface area (Å²) < 4.78 is 6.60. The lowest BCUT2D eigenvalue weighted by molar-refractivity contribution is 0.296. The van der Waals surface area contributed by atoms with E-state index in [1.807, 2.05) is 12.1 Å². The van der Waals surface area contributed by atoms with Crippen molar-refractivity contribution >= 4 is 49.9 Å². The number of ether oxygens (including phenoxy) is 1. The molecule has 1 aromatic carbocycles. The number of thiazole rings is 1. The van der Waals surface area contributed by atoms with Gasteiger partial charge in [0.25, 0.3) is 0 Å². The topological polar surface area (TPSA) is 63.7 Å². The van der Waals surface area contributed by atoms with Crippen molar-refractivity contribution in [3.05, 3.63) is 17.2 Å². The number of aromatic nitrogens is 1. The van der Waals surface area contributed by atoms with Crippen molar-refractivity contribution in [2.24, 2.45) is 10.5 Å². The highest BCUT2D eigenvalue weighted by atomic mass is 35.5. The number of nitrogen functional groups attached to an aromatic ring is 1. The smallest absolute Gasteiger partial charge is 0.213 e. The predicted molar refractivity (Wildman–Crippen MR) is 84.4 cm³/mol. The van der Waals surface area contributed by atoms with Gasteiger partial charge in [0.2, 0.25) is 5.90 Å². The lowest BCUT2D eigenvalue weighted by atomic mass is 9.97. The van der Waals surface area contributed by atoms with Crippen LogP contribution in [0.5, 0.6) is 0 Å². The Morgan fingerprint density at radius 1 is 1.40 bits per heavy atom. The fourth-order valence-electron chi connectivity index (χ4n) is 1.93. The van der Waals surface area contributed by atoms with Crippen LogP contribution < -0.4 is 10.7 Å². The molecule has 0 radical (unpaired) electrons. The largest absolute Gasteiger partial charge is 0.456 e. The first kappa shape index (κ1) is 13.5. The molecular weight excluding hydrogens is 296 g/mol. The zero-order valence-electron chi connectivity index (χ0n) is 11.5. The van der Waals surface area contributed by atoms with Crippen LogP contribution in [0, 0.1) is 5.41 Å². The fraction of sp³-hybridized carbons (Fsp3) is 0.385. The quantitative estimate of drug-likeness (QED) is 0.872. The van der Waals surface area contributed by atoms with Gasteiger partial charge in [-0.3, -0.25) is 0 Å². The summed E-state index contributed by atoms with van der Waals surface area (Å²) in [7, 11) is 0. The van der Waals surface area contributed by atoms with E-state index in [0.29, 0.717) is 22.8 Å². The summed E-state index contributed by atoms with van der Waals surface area (Å²) >= 11 is 7.75. The van der Waals surface area contributed by atoms with Gasteiger partial charge < -0.3 is 10.5 Å². The van der Waals surface area contributed by atoms with Gasteiger partial charge in [-0.15, -0.1) is 5.10 Å². The summed E-state index contributed by atoms with van der Waals surface area (Å²) in [5, 5.41) is 7.39. The first-order valence-corrected chi connectivity index (χ1v) is 7.39. The van der Waals surface area contributed by atoms with Crippen molar-refractivity contribution < 1.29 is 4.74 Å². The Balaban J connectivity index is 2.02. The van der Waals surface area contributed by atoms with Gasteiger partial charge >= 0.3 is 0 Å². The molecule has 106 valence electrons. The number of nitrogens with zero attached hydrogens (tertiary/aromatic N) is 3. The minimum Gasteiger partial charge on any atom is -0.456 e. The Morgan fingerprint density at radius 3 is 2.80 bits per heavy atom. The molecule has 3 rings (SSSR count). The number of anilines is 2. The van der Waals surface area contributed by atoms with Gasteiger partial charge in [-0.2, -0.15) is 0 Å². The van der Waals surface area contributed by atoms with Crippen LogP contribution in [0.15, 0.2) is 17.2 Å². The maximum atomic E-state index is 6.33.